The van der Waals surface area contributed by atoms with Gasteiger partial charge in [0.25, 0.3) is 0 Å². The van der Waals surface area contributed by atoms with Crippen molar-refractivity contribution >= 4 is 22.9 Å². The predicted octanol–water partition coefficient (Wildman–Crippen LogP) is 3.11. The first-order chi connectivity index (χ1) is 13.2. The van der Waals surface area contributed by atoms with E-state index in [1.165, 1.54) is 10.4 Å². The number of carbonyl (C=O) groups is 1. The van der Waals surface area contributed by atoms with Crippen LogP contribution in [0.25, 0.3) is 0 Å². The molecule has 1 aromatic heterocycles. The first-order valence-corrected chi connectivity index (χ1v) is 10.7. The van der Waals surface area contributed by atoms with Gasteiger partial charge in [0.15, 0.2) is 0 Å². The molecule has 1 N–H and O–H groups in total. The van der Waals surface area contributed by atoms with Gasteiger partial charge in [-0.1, -0.05) is 6.92 Å². The summed E-state index contributed by atoms with van der Waals surface area (Å²) in [6, 6.07) is 9.80. The van der Waals surface area contributed by atoms with E-state index in [9.17, 15) is 9.90 Å². The summed E-state index contributed by atoms with van der Waals surface area (Å²) in [5.41, 5.74) is 2.49. The van der Waals surface area contributed by atoms with Crippen molar-refractivity contribution in [2.24, 2.45) is 0 Å². The zero-order chi connectivity index (χ0) is 18.8. The molecule has 0 radical (unpaired) electrons. The van der Waals surface area contributed by atoms with Gasteiger partial charge >= 0.3 is 0 Å². The van der Waals surface area contributed by atoms with Crippen LogP contribution in [0.15, 0.2) is 35.7 Å². The molecule has 0 bridgehead atoms. The van der Waals surface area contributed by atoms with E-state index in [4.69, 9.17) is 0 Å². The van der Waals surface area contributed by atoms with Gasteiger partial charge in [-0.15, -0.1) is 11.3 Å². The number of amides is 1. The Morgan fingerprint density at radius 3 is 2.56 bits per heavy atom. The van der Waals surface area contributed by atoms with Gasteiger partial charge in [0, 0.05) is 43.3 Å². The van der Waals surface area contributed by atoms with Gasteiger partial charge < -0.3 is 14.9 Å². The van der Waals surface area contributed by atoms with Gasteiger partial charge in [-0.2, -0.15) is 0 Å². The minimum atomic E-state index is 0.241. The average Bonchev–Trinajstić information content (AvgIpc) is 3.17. The van der Waals surface area contributed by atoms with E-state index in [0.29, 0.717) is 12.3 Å². The maximum atomic E-state index is 13.0. The van der Waals surface area contributed by atoms with Gasteiger partial charge in [-0.05, 0) is 54.1 Å². The molecule has 1 amide bonds. The number of benzene rings is 1. The van der Waals surface area contributed by atoms with E-state index in [2.05, 4.69) is 33.1 Å². The van der Waals surface area contributed by atoms with Crippen LogP contribution in [0.4, 0.5) is 5.69 Å². The molecule has 0 saturated carbocycles. The molecule has 1 unspecified atom stereocenters. The Morgan fingerprint density at radius 2 is 1.85 bits per heavy atom. The summed E-state index contributed by atoms with van der Waals surface area (Å²) in [5.74, 6) is 0.556. The number of hydrogen-bond acceptors (Lipinski definition) is 5. The molecule has 1 fully saturated rings. The van der Waals surface area contributed by atoms with Crippen LogP contribution >= 0.6 is 11.3 Å². The number of hydrogen-bond donors (Lipinski definition) is 1. The highest BCUT2D eigenvalue weighted by atomic mass is 32.1. The summed E-state index contributed by atoms with van der Waals surface area (Å²) in [5, 5.41) is 11.6. The van der Waals surface area contributed by atoms with Crippen LogP contribution in [0.3, 0.4) is 0 Å². The number of phenolic OH excluding ortho intramolecular Hbond substituents is 1. The Bertz CT molecular complexity index is 781. The third kappa shape index (κ3) is 3.82. The Balaban J connectivity index is 1.34. The highest BCUT2D eigenvalue weighted by Gasteiger charge is 2.31. The lowest BCUT2D eigenvalue weighted by molar-refractivity contribution is -0.135. The van der Waals surface area contributed by atoms with Gasteiger partial charge in [-0.25, -0.2) is 0 Å². The van der Waals surface area contributed by atoms with Gasteiger partial charge in [-0.3, -0.25) is 9.69 Å². The molecular weight excluding hydrogens is 358 g/mol. The second-order valence-corrected chi connectivity index (χ2v) is 8.34. The van der Waals surface area contributed by atoms with Crippen molar-refractivity contribution in [2.45, 2.75) is 25.8 Å². The van der Waals surface area contributed by atoms with E-state index >= 15 is 0 Å². The monoisotopic (exact) mass is 385 g/mol. The number of anilines is 1. The zero-order valence-electron chi connectivity index (χ0n) is 15.8. The molecule has 5 nitrogen and oxygen atoms in total. The smallest absolute Gasteiger partial charge is 0.237 e. The predicted molar refractivity (Wildman–Crippen MR) is 110 cm³/mol. The minimum Gasteiger partial charge on any atom is -0.508 e. The molecular formula is C21H27N3O2S. The van der Waals surface area contributed by atoms with Crippen LogP contribution in [-0.2, 0) is 11.2 Å². The van der Waals surface area contributed by atoms with Crippen molar-refractivity contribution in [1.82, 2.24) is 9.80 Å². The van der Waals surface area contributed by atoms with Crippen molar-refractivity contribution in [1.29, 1.82) is 0 Å². The number of fused-ring (bicyclic) bond motifs is 1. The van der Waals surface area contributed by atoms with Gasteiger partial charge in [0.1, 0.15) is 5.75 Å². The quantitative estimate of drug-likeness (QED) is 0.879. The summed E-state index contributed by atoms with van der Waals surface area (Å²) in [6.07, 6.45) is 1.97. The first-order valence-electron chi connectivity index (χ1n) is 9.77. The molecule has 1 aromatic carbocycles. The highest BCUT2D eigenvalue weighted by Crippen LogP contribution is 2.35. The van der Waals surface area contributed by atoms with Crippen LogP contribution < -0.4 is 4.90 Å². The van der Waals surface area contributed by atoms with Crippen molar-refractivity contribution < 1.29 is 9.90 Å². The lowest BCUT2D eigenvalue weighted by Crippen LogP contribution is -2.51. The first kappa shape index (κ1) is 18.3. The summed E-state index contributed by atoms with van der Waals surface area (Å²) >= 11 is 1.82. The maximum Gasteiger partial charge on any atom is 0.237 e. The second kappa shape index (κ2) is 7.90. The Labute approximate surface area is 164 Å². The van der Waals surface area contributed by atoms with E-state index in [0.717, 1.165) is 51.3 Å². The molecule has 1 atom stereocenters. The molecule has 4 rings (SSSR count). The molecule has 1 saturated heterocycles. The fourth-order valence-corrected chi connectivity index (χ4v) is 5.17. The van der Waals surface area contributed by atoms with Gasteiger partial charge in [0.2, 0.25) is 5.91 Å². The molecule has 3 heterocycles. The van der Waals surface area contributed by atoms with Crippen molar-refractivity contribution in [2.75, 3.05) is 44.2 Å². The number of rotatable bonds is 4. The highest BCUT2D eigenvalue weighted by molar-refractivity contribution is 7.10. The lowest BCUT2D eigenvalue weighted by Gasteiger charge is -2.39. The third-order valence-corrected chi connectivity index (χ3v) is 6.74. The van der Waals surface area contributed by atoms with Gasteiger partial charge in [0.05, 0.1) is 12.6 Å². The summed E-state index contributed by atoms with van der Waals surface area (Å²) in [6.45, 7) is 7.13. The van der Waals surface area contributed by atoms with Crippen LogP contribution in [0.5, 0.6) is 5.75 Å². The van der Waals surface area contributed by atoms with E-state index in [1.54, 1.807) is 12.1 Å². The van der Waals surface area contributed by atoms with Crippen LogP contribution in [0, 0.1) is 0 Å². The average molecular weight is 386 g/mol. The molecule has 2 aliphatic heterocycles. The molecule has 2 aromatic rings. The number of phenols is 1. The minimum absolute atomic E-state index is 0.241. The Hall–Kier alpha value is -2.05. The van der Waals surface area contributed by atoms with Crippen molar-refractivity contribution in [3.8, 4) is 5.75 Å². The number of nitrogens with zero attached hydrogens (tertiary/aromatic N) is 3. The molecule has 0 aliphatic carbocycles. The fourth-order valence-electron chi connectivity index (χ4n) is 4.24. The van der Waals surface area contributed by atoms with Crippen LogP contribution in [0.1, 0.15) is 29.8 Å². The van der Waals surface area contributed by atoms with Crippen molar-refractivity contribution in [3.63, 3.8) is 0 Å². The molecule has 6 heteroatoms. The van der Waals surface area contributed by atoms with E-state index in [1.807, 2.05) is 23.5 Å². The Morgan fingerprint density at radius 1 is 1.11 bits per heavy atom. The normalized spacial score (nSPS) is 20.6. The number of aromatic hydroxyl groups is 1. The summed E-state index contributed by atoms with van der Waals surface area (Å²) < 4.78 is 0. The third-order valence-electron chi connectivity index (χ3n) is 5.75. The SMILES string of the molecule is CCC1c2ccsc2CCN1C(=O)CN1CCN(c2ccc(O)cc2)CC1. The fraction of sp³-hybridized carbons (Fsp3) is 0.476. The summed E-state index contributed by atoms with van der Waals surface area (Å²) in [4.78, 5) is 21.1. The Kier molecular flexibility index (Phi) is 5.36. The second-order valence-electron chi connectivity index (χ2n) is 7.34. The molecule has 27 heavy (non-hydrogen) atoms. The largest absolute Gasteiger partial charge is 0.508 e. The number of thiophene rings is 1. The van der Waals surface area contributed by atoms with E-state index < -0.39 is 0 Å². The number of carbonyl (C=O) groups excluding carboxylic acids is 1. The molecule has 144 valence electrons. The molecule has 0 spiro atoms. The number of piperazine rings is 1. The van der Waals surface area contributed by atoms with Crippen LogP contribution in [0.2, 0.25) is 0 Å². The summed E-state index contributed by atoms with van der Waals surface area (Å²) in [7, 11) is 0. The maximum absolute atomic E-state index is 13.0. The van der Waals surface area contributed by atoms with Crippen LogP contribution in [-0.4, -0.2) is 60.1 Å². The van der Waals surface area contributed by atoms with Crippen molar-refractivity contribution in [3.05, 3.63) is 46.2 Å². The molecule has 2 aliphatic rings. The standard InChI is InChI=1S/C21H27N3O2S/c1-2-19-18-8-14-27-20(18)7-9-24(19)21(26)15-22-10-12-23(13-11-22)16-3-5-17(25)6-4-16/h3-6,8,14,19,25H,2,7,9-13,15H2,1H3. The van der Waals surface area contributed by atoms with E-state index in [-0.39, 0.29) is 11.9 Å². The lowest BCUT2D eigenvalue weighted by atomic mass is 9.97. The topological polar surface area (TPSA) is 47.0 Å². The zero-order valence-corrected chi connectivity index (χ0v) is 16.6.